The number of hydrogen-bond donors (Lipinski definition) is 2. The first kappa shape index (κ1) is 20.6. The number of nitrogens with zero attached hydrogens (tertiary/aromatic N) is 2. The fourth-order valence-corrected chi connectivity index (χ4v) is 3.31. The SMILES string of the molecule is CC1=C(C(=O)N(C)Cc2csc(NC(=O)NCc3cccc(F)c3)n2)OCCO1. The van der Waals surface area contributed by atoms with Crippen molar-refractivity contribution in [2.24, 2.45) is 0 Å². The third-order valence-corrected chi connectivity index (χ3v) is 4.83. The van der Waals surface area contributed by atoms with Crippen molar-refractivity contribution in [3.63, 3.8) is 0 Å². The average molecular weight is 420 g/mol. The van der Waals surface area contributed by atoms with Crippen LogP contribution in [0, 0.1) is 5.82 Å². The zero-order chi connectivity index (χ0) is 20.8. The number of thiazole rings is 1. The summed E-state index contributed by atoms with van der Waals surface area (Å²) in [6, 6.07) is 5.54. The number of urea groups is 1. The standard InChI is InChI=1S/C19H21FN4O4S/c1-12-16(28-7-6-27-12)17(25)24(2)10-15-11-29-19(22-15)23-18(26)21-9-13-4-3-5-14(20)8-13/h3-5,8,11H,6-7,9-10H2,1-2H3,(H2,21,22,23,26). The lowest BCUT2D eigenvalue weighted by atomic mass is 10.2. The maximum atomic E-state index is 13.2. The molecule has 0 atom stereocenters. The van der Waals surface area contributed by atoms with E-state index in [2.05, 4.69) is 15.6 Å². The van der Waals surface area contributed by atoms with Gasteiger partial charge in [0.2, 0.25) is 5.76 Å². The number of aromatic nitrogens is 1. The highest BCUT2D eigenvalue weighted by Crippen LogP contribution is 2.19. The summed E-state index contributed by atoms with van der Waals surface area (Å²) in [6.07, 6.45) is 0. The van der Waals surface area contributed by atoms with Crippen LogP contribution in [0.4, 0.5) is 14.3 Å². The van der Waals surface area contributed by atoms with E-state index in [1.807, 2.05) is 0 Å². The van der Waals surface area contributed by atoms with Crippen molar-refractivity contribution in [1.29, 1.82) is 0 Å². The van der Waals surface area contributed by atoms with Crippen molar-refractivity contribution in [2.45, 2.75) is 20.0 Å². The summed E-state index contributed by atoms with van der Waals surface area (Å²) in [4.78, 5) is 30.3. The molecule has 2 heterocycles. The molecule has 0 saturated carbocycles. The van der Waals surface area contributed by atoms with Crippen LogP contribution in [0.25, 0.3) is 0 Å². The topological polar surface area (TPSA) is 92.8 Å². The molecule has 1 aromatic heterocycles. The number of carbonyl (C=O) groups excluding carboxylic acids is 2. The first-order valence-electron chi connectivity index (χ1n) is 8.88. The molecule has 154 valence electrons. The number of halogens is 1. The molecule has 2 N–H and O–H groups in total. The molecule has 29 heavy (non-hydrogen) atoms. The van der Waals surface area contributed by atoms with E-state index in [-0.39, 0.29) is 30.6 Å². The highest BCUT2D eigenvalue weighted by molar-refractivity contribution is 7.13. The number of carbonyl (C=O) groups is 2. The number of ether oxygens (including phenoxy) is 2. The third-order valence-electron chi connectivity index (χ3n) is 4.02. The minimum atomic E-state index is -0.451. The van der Waals surface area contributed by atoms with Gasteiger partial charge in [0.05, 0.1) is 12.2 Å². The van der Waals surface area contributed by atoms with Gasteiger partial charge in [0, 0.05) is 19.0 Å². The zero-order valence-corrected chi connectivity index (χ0v) is 16.8. The number of hydrogen-bond acceptors (Lipinski definition) is 6. The van der Waals surface area contributed by atoms with Gasteiger partial charge >= 0.3 is 6.03 Å². The molecule has 8 nitrogen and oxygen atoms in total. The molecule has 3 amide bonds. The second-order valence-electron chi connectivity index (χ2n) is 6.33. The largest absolute Gasteiger partial charge is 0.491 e. The van der Waals surface area contributed by atoms with Gasteiger partial charge < -0.3 is 19.7 Å². The number of allylic oxidation sites excluding steroid dienone is 1. The molecule has 0 saturated heterocycles. The average Bonchev–Trinajstić information content (AvgIpc) is 3.13. The summed E-state index contributed by atoms with van der Waals surface area (Å²) >= 11 is 1.24. The smallest absolute Gasteiger partial charge is 0.321 e. The molecule has 2 aromatic rings. The van der Waals surface area contributed by atoms with E-state index in [0.717, 1.165) is 0 Å². The van der Waals surface area contributed by atoms with E-state index in [1.165, 1.54) is 28.4 Å². The number of amides is 3. The normalized spacial score (nSPS) is 13.3. The lowest BCUT2D eigenvalue weighted by molar-refractivity contribution is -0.132. The second kappa shape index (κ2) is 9.37. The minimum absolute atomic E-state index is 0.190. The van der Waals surface area contributed by atoms with Crippen molar-refractivity contribution in [3.8, 4) is 0 Å². The van der Waals surface area contributed by atoms with Crippen LogP contribution < -0.4 is 10.6 Å². The van der Waals surface area contributed by atoms with Gasteiger partial charge in [-0.2, -0.15) is 0 Å². The molecule has 0 spiro atoms. The first-order valence-corrected chi connectivity index (χ1v) is 9.76. The lowest BCUT2D eigenvalue weighted by Crippen LogP contribution is -2.31. The molecule has 0 bridgehead atoms. The van der Waals surface area contributed by atoms with Gasteiger partial charge in [-0.1, -0.05) is 12.1 Å². The van der Waals surface area contributed by atoms with Crippen LogP contribution in [0.1, 0.15) is 18.2 Å². The lowest BCUT2D eigenvalue weighted by Gasteiger charge is -2.23. The summed E-state index contributed by atoms with van der Waals surface area (Å²) < 4.78 is 23.9. The second-order valence-corrected chi connectivity index (χ2v) is 7.18. The van der Waals surface area contributed by atoms with E-state index >= 15 is 0 Å². The van der Waals surface area contributed by atoms with E-state index < -0.39 is 6.03 Å². The fourth-order valence-electron chi connectivity index (χ4n) is 2.61. The number of nitrogens with one attached hydrogen (secondary N) is 2. The Morgan fingerprint density at radius 1 is 1.31 bits per heavy atom. The minimum Gasteiger partial charge on any atom is -0.491 e. The van der Waals surface area contributed by atoms with Gasteiger partial charge in [0.1, 0.15) is 24.8 Å². The summed E-state index contributed by atoms with van der Waals surface area (Å²) in [7, 11) is 1.64. The van der Waals surface area contributed by atoms with Crippen LogP contribution in [0.2, 0.25) is 0 Å². The number of benzene rings is 1. The predicted octanol–water partition coefficient (Wildman–Crippen LogP) is 2.84. The molecular formula is C19H21FN4O4S. The Labute approximate surface area is 171 Å². The highest BCUT2D eigenvalue weighted by atomic mass is 32.1. The van der Waals surface area contributed by atoms with Crippen molar-refractivity contribution in [2.75, 3.05) is 25.6 Å². The molecule has 0 radical (unpaired) electrons. The molecular weight excluding hydrogens is 399 g/mol. The van der Waals surface area contributed by atoms with Gasteiger partial charge in [0.15, 0.2) is 5.13 Å². The van der Waals surface area contributed by atoms with Crippen LogP contribution in [0.5, 0.6) is 0 Å². The number of rotatable bonds is 6. The monoisotopic (exact) mass is 420 g/mol. The van der Waals surface area contributed by atoms with Crippen molar-refractivity contribution >= 4 is 28.4 Å². The van der Waals surface area contributed by atoms with E-state index in [4.69, 9.17) is 9.47 Å². The predicted molar refractivity (Wildman–Crippen MR) is 105 cm³/mol. The molecule has 0 fully saturated rings. The highest BCUT2D eigenvalue weighted by Gasteiger charge is 2.23. The van der Waals surface area contributed by atoms with Crippen molar-refractivity contribution < 1.29 is 23.5 Å². The maximum Gasteiger partial charge on any atom is 0.321 e. The van der Waals surface area contributed by atoms with Gasteiger partial charge in [-0.25, -0.2) is 14.2 Å². The molecule has 1 aliphatic rings. The van der Waals surface area contributed by atoms with Crippen molar-refractivity contribution in [1.82, 2.24) is 15.2 Å². The Balaban J connectivity index is 1.51. The zero-order valence-electron chi connectivity index (χ0n) is 16.0. The van der Waals surface area contributed by atoms with E-state index in [9.17, 15) is 14.0 Å². The Morgan fingerprint density at radius 3 is 2.86 bits per heavy atom. The van der Waals surface area contributed by atoms with Gasteiger partial charge in [0.25, 0.3) is 5.91 Å². The number of anilines is 1. The number of likely N-dealkylation sites (N-methyl/N-ethyl adjacent to an activating group) is 1. The van der Waals surface area contributed by atoms with Gasteiger partial charge in [-0.15, -0.1) is 11.3 Å². The van der Waals surface area contributed by atoms with Crippen LogP contribution >= 0.6 is 11.3 Å². The van der Waals surface area contributed by atoms with Gasteiger partial charge in [-0.05, 0) is 24.6 Å². The quantitative estimate of drug-likeness (QED) is 0.750. The van der Waals surface area contributed by atoms with Crippen LogP contribution in [-0.2, 0) is 27.4 Å². The Morgan fingerprint density at radius 2 is 2.10 bits per heavy atom. The van der Waals surface area contributed by atoms with Crippen LogP contribution in [0.3, 0.4) is 0 Å². The third kappa shape index (κ3) is 5.67. The molecule has 1 aliphatic heterocycles. The Bertz CT molecular complexity index is 930. The Hall–Kier alpha value is -3.14. The molecule has 1 aromatic carbocycles. The summed E-state index contributed by atoms with van der Waals surface area (Å²) in [5.41, 5.74) is 1.28. The van der Waals surface area contributed by atoms with Gasteiger partial charge in [-0.3, -0.25) is 10.1 Å². The Kier molecular flexibility index (Phi) is 6.65. The maximum absolute atomic E-state index is 13.2. The fraction of sp³-hybridized carbons (Fsp3) is 0.316. The van der Waals surface area contributed by atoms with E-state index in [1.54, 1.807) is 31.5 Å². The van der Waals surface area contributed by atoms with E-state index in [0.29, 0.717) is 35.4 Å². The summed E-state index contributed by atoms with van der Waals surface area (Å²) in [5, 5.41) is 7.42. The summed E-state index contributed by atoms with van der Waals surface area (Å²) in [5.74, 6) is 0.00869. The molecule has 10 heteroatoms. The molecule has 0 unspecified atom stereocenters. The van der Waals surface area contributed by atoms with Crippen LogP contribution in [-0.4, -0.2) is 42.1 Å². The first-order chi connectivity index (χ1) is 13.9. The molecule has 0 aliphatic carbocycles. The van der Waals surface area contributed by atoms with Crippen molar-refractivity contribution in [3.05, 3.63) is 58.2 Å². The molecule has 3 rings (SSSR count). The summed E-state index contributed by atoms with van der Waals surface area (Å²) in [6.45, 7) is 2.89. The van der Waals surface area contributed by atoms with Crippen LogP contribution in [0.15, 0.2) is 41.2 Å².